The Labute approximate surface area is 772 Å². The van der Waals surface area contributed by atoms with Crippen LogP contribution >= 0.6 is 0 Å². The minimum atomic E-state index is 0. The van der Waals surface area contributed by atoms with Gasteiger partial charge in [-0.15, -0.1) is 0 Å². The van der Waals surface area contributed by atoms with Gasteiger partial charge in [0.05, 0.1) is 0 Å². The summed E-state index contributed by atoms with van der Waals surface area (Å²) in [5, 5.41) is 0. The maximum absolute atomic E-state index is 12.6. The van der Waals surface area contributed by atoms with Crippen LogP contribution in [0.4, 0.5) is 0 Å². The Bertz CT molecular complexity index is 2410. The number of unbranched alkanes of at least 4 members (excludes halogenated alkanes) is 78. The Balaban J connectivity index is 0.00000215. The number of hydrogen-bond donors (Lipinski definition) is 0. The minimum absolute atomic E-state index is 0. The van der Waals surface area contributed by atoms with Gasteiger partial charge in [0, 0.05) is 22.3 Å². The zero-order chi connectivity index (χ0) is 86.3. The van der Waals surface area contributed by atoms with Crippen LogP contribution in [0.25, 0.3) is 16.9 Å². The fourth-order valence-corrected chi connectivity index (χ4v) is 18.6. The molecule has 1 aliphatic heterocycles. The molecule has 0 aromatic heterocycles. The van der Waals surface area contributed by atoms with Crippen LogP contribution in [0.5, 0.6) is 0 Å². The number of aryl methyl sites for hydroxylation is 2. The van der Waals surface area contributed by atoms with E-state index in [2.05, 4.69) is 128 Å². The summed E-state index contributed by atoms with van der Waals surface area (Å²) in [4.78, 5) is 0. The molecule has 0 atom stereocenters. The van der Waals surface area contributed by atoms with Gasteiger partial charge in [-0.05, 0) is 100 Å². The first-order valence-electron chi connectivity index (χ1n) is 55.5. The molecule has 3 heteroatoms. The van der Waals surface area contributed by atoms with Gasteiger partial charge >= 0.3 is 16.5 Å². The quantitative estimate of drug-likeness (QED) is 0.0207. The smallest absolute Gasteiger partial charge is 0.493 e. The molecule has 0 unspecified atom stereocenters. The second-order valence-corrected chi connectivity index (χ2v) is 38.2. The van der Waals surface area contributed by atoms with Gasteiger partial charge in [0.15, 0.2) is 0 Å². The van der Waals surface area contributed by atoms with E-state index in [1.807, 2.05) is 0 Å². The summed E-state index contributed by atoms with van der Waals surface area (Å²) in [5.74, 6) is 0. The number of nitrogens with zero attached hydrogens (tertiary/aromatic N) is 2. The Hall–Kier alpha value is -2.51. The molecule has 0 amide bonds. The van der Waals surface area contributed by atoms with Gasteiger partial charge in [0.1, 0.15) is 0 Å². The fraction of sp³-hybridized carbons (Fsp3) is 0.814. The normalized spacial score (nSPS) is 12.3. The fourth-order valence-electron chi connectivity index (χ4n) is 18.6. The van der Waals surface area contributed by atoms with Crippen LogP contribution in [0, 0.1) is 13.8 Å². The van der Waals surface area contributed by atoms with Crippen LogP contribution in [0.15, 0.2) is 84.0 Å². The van der Waals surface area contributed by atoms with Crippen LogP contribution in [0.1, 0.15) is 629 Å². The zero-order valence-corrected chi connectivity index (χ0v) is 84.2. The molecule has 2 aromatic rings. The molecule has 0 saturated carbocycles. The largest absolute Gasteiger partial charge is 2.00 e. The summed E-state index contributed by atoms with van der Waals surface area (Å²) in [6.07, 6.45) is 134. The molecular formula is C118H214N2Ni. The van der Waals surface area contributed by atoms with Gasteiger partial charge in [-0.2, -0.15) is 12.8 Å². The molecule has 1 heterocycles. The Morgan fingerprint density at radius 2 is 0.380 bits per heavy atom. The van der Waals surface area contributed by atoms with Gasteiger partial charge < -0.3 is 19.4 Å². The van der Waals surface area contributed by atoms with Crippen LogP contribution in [-0.4, -0.2) is 4.70 Å². The van der Waals surface area contributed by atoms with E-state index in [1.165, 1.54) is 547 Å². The molecule has 0 saturated heterocycles. The first kappa shape index (κ1) is 118. The summed E-state index contributed by atoms with van der Waals surface area (Å²) in [6.45, 7) is 21.6. The van der Waals surface area contributed by atoms with Crippen LogP contribution in [0.3, 0.4) is 0 Å². The minimum Gasteiger partial charge on any atom is -0.493 e. The van der Waals surface area contributed by atoms with Gasteiger partial charge in [0.2, 0.25) is 11.4 Å². The summed E-state index contributed by atoms with van der Waals surface area (Å²) >= 11 is 0. The third-order valence-corrected chi connectivity index (χ3v) is 26.6. The van der Waals surface area contributed by atoms with Gasteiger partial charge in [-0.1, -0.05) is 590 Å². The van der Waals surface area contributed by atoms with E-state index >= 15 is 0 Å². The van der Waals surface area contributed by atoms with Gasteiger partial charge in [-0.25, -0.2) is 4.70 Å². The van der Waals surface area contributed by atoms with Crippen molar-refractivity contribution in [2.75, 3.05) is 0 Å². The van der Waals surface area contributed by atoms with E-state index in [0.717, 1.165) is 75.6 Å². The zero-order valence-electron chi connectivity index (χ0n) is 83.2. The summed E-state index contributed by atoms with van der Waals surface area (Å²) in [6, 6.07) is 18.0. The van der Waals surface area contributed by atoms with E-state index in [4.69, 9.17) is 0 Å². The molecular weight excluding hydrogens is 1500 g/mol. The van der Waals surface area contributed by atoms with Crippen molar-refractivity contribution in [2.45, 2.75) is 619 Å². The second-order valence-electron chi connectivity index (χ2n) is 38.2. The number of hydrogen-bond acceptors (Lipinski definition) is 0. The molecule has 0 fully saturated rings. The molecule has 0 radical (unpaired) electrons. The molecule has 1 aliphatic rings. The van der Waals surface area contributed by atoms with Crippen molar-refractivity contribution in [3.63, 3.8) is 0 Å². The van der Waals surface area contributed by atoms with Crippen molar-refractivity contribution >= 4 is 11.4 Å². The number of allylic oxidation sites excluding steroid dienone is 6. The van der Waals surface area contributed by atoms with Crippen LogP contribution in [-0.2, 0) is 29.3 Å². The van der Waals surface area contributed by atoms with Crippen molar-refractivity contribution in [3.8, 4) is 0 Å². The van der Waals surface area contributed by atoms with Crippen molar-refractivity contribution in [2.24, 2.45) is 0 Å². The third kappa shape index (κ3) is 76.1. The van der Waals surface area contributed by atoms with E-state index in [-0.39, 0.29) is 16.5 Å². The van der Waals surface area contributed by atoms with Crippen molar-refractivity contribution in [1.29, 1.82) is 0 Å². The predicted octanol–water partition coefficient (Wildman–Crippen LogP) is 43.1. The van der Waals surface area contributed by atoms with E-state index in [1.54, 1.807) is 4.70 Å². The third-order valence-electron chi connectivity index (χ3n) is 26.6. The van der Waals surface area contributed by atoms with Crippen molar-refractivity contribution in [3.05, 3.63) is 126 Å². The maximum Gasteiger partial charge on any atom is 2.00 e. The van der Waals surface area contributed by atoms with Crippen molar-refractivity contribution in [1.82, 2.24) is 0 Å². The Morgan fingerprint density at radius 3 is 0.595 bits per heavy atom. The van der Waals surface area contributed by atoms with Gasteiger partial charge in [0.25, 0.3) is 0 Å². The molecule has 0 spiro atoms. The molecule has 2 nitrogen and oxygen atoms in total. The average molecular weight is 1720 g/mol. The topological polar surface area (TPSA) is 25.3 Å². The van der Waals surface area contributed by atoms with Gasteiger partial charge in [-0.3, -0.25) is 0 Å². The molecule has 0 aliphatic carbocycles. The van der Waals surface area contributed by atoms with Crippen LogP contribution < -0.4 is 0 Å². The number of rotatable bonds is 92. The molecule has 2 aromatic carbocycles. The Morgan fingerprint density at radius 1 is 0.207 bits per heavy atom. The average Bonchev–Trinajstić information content (AvgIpc) is 1.60. The SMILES string of the molecule is CCCCCCCCCCCCCCC=CCCc1ccccc1C1=C(CCCC)C(CCCCCCCC)=C(c2ccccc2CCC=CCCCCCCCCCCCCCC)[N+]1=[N-].[CH2-]CCCCCCCCCCCCCCCCCCCCCCCCCC.[CH2-]CCCCCCCCCCCCCCCCCCCCCCCCCC.[Ni+2]. The molecule has 0 N–H and O–H groups in total. The molecule has 0 bridgehead atoms. The van der Waals surface area contributed by atoms with Crippen LogP contribution in [0.2, 0.25) is 0 Å². The van der Waals surface area contributed by atoms with Crippen molar-refractivity contribution < 1.29 is 21.2 Å². The predicted molar refractivity (Wildman–Crippen MR) is 547 cm³/mol. The maximum atomic E-state index is 12.6. The first-order valence-corrected chi connectivity index (χ1v) is 55.5. The molecule has 3 rings (SSSR count). The van der Waals surface area contributed by atoms with E-state index in [9.17, 15) is 5.53 Å². The number of benzene rings is 2. The molecule has 706 valence electrons. The Kier molecular flexibility index (Phi) is 97.6. The first-order chi connectivity index (χ1) is 59.5. The summed E-state index contributed by atoms with van der Waals surface area (Å²) < 4.78 is 1.65. The second kappa shape index (κ2) is 99.7. The molecule has 121 heavy (non-hydrogen) atoms. The monoisotopic (exact) mass is 1720 g/mol. The summed E-state index contributed by atoms with van der Waals surface area (Å²) in [5.41, 5.74) is 22.6. The van der Waals surface area contributed by atoms with E-state index < -0.39 is 0 Å². The standard InChI is InChI=1S/C64H104N2.2C27H55.Ni/c1-5-9-13-16-19-21-23-25-27-29-31-33-35-37-39-42-49-57-51-45-47-54-59(57)63-61(53-12-8-4)62(56-44-41-18-15-11-7-3)64(66(63)65)60-55-48-46-52-58(60)50-43-40-38-36-34-32-30-28-26-24-22-20-17-14-10-6-2;2*1-3-5-7-9-11-13-15-17-19-21-23-25-27-26-24-22-20-18-16-14-12-10-8-6-4-2;/h37-40,45-48,51-52,54-55H,5-36,41-44,49-50,53,56H2,1-4H3;2*1,3-27H2,2H3;/q;2*-1;+2. The summed E-state index contributed by atoms with van der Waals surface area (Å²) in [7, 11) is 0. The van der Waals surface area contributed by atoms with E-state index in [0.29, 0.717) is 0 Å².